The second-order valence-electron chi connectivity index (χ2n) is 8.95. The minimum atomic E-state index is -3.59. The molecule has 0 radical (unpaired) electrons. The van der Waals surface area contributed by atoms with Gasteiger partial charge >= 0.3 is 12.1 Å². The zero-order chi connectivity index (χ0) is 20.2. The summed E-state index contributed by atoms with van der Waals surface area (Å²) in [5.41, 5.74) is -0.817. The van der Waals surface area contributed by atoms with Crippen molar-refractivity contribution in [3.63, 3.8) is 0 Å². The molecule has 0 aromatic rings. The fourth-order valence-electron chi connectivity index (χ4n) is 4.64. The number of carbonyl (C=O) groups excluding carboxylic acids is 2. The number of ether oxygens (including phenoxy) is 2. The molecular weight excluding hydrogens is 374 g/mol. The van der Waals surface area contributed by atoms with Gasteiger partial charge in [-0.2, -0.15) is 8.42 Å². The molecule has 3 rings (SSSR count). The first-order chi connectivity index (χ1) is 12.4. The summed E-state index contributed by atoms with van der Waals surface area (Å²) in [5, 5.41) is 2.06. The minimum Gasteiger partial charge on any atom is -0.463 e. The van der Waals surface area contributed by atoms with E-state index in [-0.39, 0.29) is 36.4 Å². The molecule has 1 aliphatic heterocycles. The second-order valence-corrected chi connectivity index (χ2v) is 10.7. The van der Waals surface area contributed by atoms with Gasteiger partial charge in [0.1, 0.15) is 18.8 Å². The van der Waals surface area contributed by atoms with Gasteiger partial charge in [-0.1, -0.05) is 20.8 Å². The van der Waals surface area contributed by atoms with Crippen molar-refractivity contribution in [3.05, 3.63) is 0 Å². The van der Waals surface area contributed by atoms with E-state index in [0.717, 1.165) is 0 Å². The van der Waals surface area contributed by atoms with Crippen LogP contribution in [0.2, 0.25) is 0 Å². The molecule has 1 saturated heterocycles. The molecule has 9 heteroatoms. The van der Waals surface area contributed by atoms with E-state index in [0.29, 0.717) is 12.8 Å². The Morgan fingerprint density at radius 3 is 2.59 bits per heavy atom. The van der Waals surface area contributed by atoms with Crippen LogP contribution >= 0.6 is 0 Å². The first-order valence-corrected chi connectivity index (χ1v) is 10.9. The van der Waals surface area contributed by atoms with Crippen molar-refractivity contribution in [2.75, 3.05) is 13.2 Å². The molecule has 3 aliphatic rings. The van der Waals surface area contributed by atoms with E-state index < -0.39 is 39.1 Å². The van der Waals surface area contributed by atoms with Crippen LogP contribution in [-0.2, 0) is 28.6 Å². The van der Waals surface area contributed by atoms with Crippen molar-refractivity contribution in [1.29, 1.82) is 0 Å². The topological polar surface area (TPSA) is 108 Å². The maximum absolute atomic E-state index is 12.2. The Morgan fingerprint density at radius 2 is 1.96 bits per heavy atom. The van der Waals surface area contributed by atoms with E-state index in [2.05, 4.69) is 5.32 Å². The third-order valence-electron chi connectivity index (χ3n) is 6.68. The van der Waals surface area contributed by atoms with Crippen LogP contribution < -0.4 is 5.32 Å². The molecule has 8 nitrogen and oxygen atoms in total. The highest BCUT2D eigenvalue weighted by molar-refractivity contribution is 7.87. The highest BCUT2D eigenvalue weighted by Crippen LogP contribution is 2.64. The van der Waals surface area contributed by atoms with Gasteiger partial charge in [0.15, 0.2) is 0 Å². The average molecular weight is 403 g/mol. The van der Waals surface area contributed by atoms with Crippen LogP contribution in [0.1, 0.15) is 47.5 Å². The summed E-state index contributed by atoms with van der Waals surface area (Å²) in [7, 11) is -3.59. The number of hydrogen-bond acceptors (Lipinski definition) is 7. The van der Waals surface area contributed by atoms with Gasteiger partial charge in [0.2, 0.25) is 0 Å². The van der Waals surface area contributed by atoms with Crippen LogP contribution in [0, 0.1) is 22.7 Å². The Kier molecular flexibility index (Phi) is 5.00. The molecule has 3 fully saturated rings. The number of hydrogen-bond donors (Lipinski definition) is 1. The number of alkyl carbamates (subject to hydrolysis) is 1. The Balaban J connectivity index is 1.51. The first kappa shape index (κ1) is 20.4. The molecule has 1 N–H and O–H groups in total. The molecule has 2 saturated carbocycles. The van der Waals surface area contributed by atoms with Crippen molar-refractivity contribution in [1.82, 2.24) is 5.32 Å². The molecule has 154 valence electrons. The number of nitrogens with one attached hydrogen (secondary N) is 1. The lowest BCUT2D eigenvalue weighted by molar-refractivity contribution is -0.153. The second kappa shape index (κ2) is 6.62. The van der Waals surface area contributed by atoms with E-state index in [1.165, 1.54) is 0 Å². The number of carbonyl (C=O) groups is 2. The number of amides is 1. The highest BCUT2D eigenvalue weighted by atomic mass is 32.2. The molecule has 2 aliphatic carbocycles. The maximum atomic E-state index is 12.2. The molecule has 1 heterocycles. The molecular formula is C18H29NO7S. The fraction of sp³-hybridized carbons (Fsp3) is 0.889. The van der Waals surface area contributed by atoms with E-state index in [1.54, 1.807) is 13.8 Å². The Labute approximate surface area is 160 Å². The van der Waals surface area contributed by atoms with E-state index >= 15 is 0 Å². The van der Waals surface area contributed by atoms with Gasteiger partial charge in [-0.05, 0) is 32.1 Å². The predicted octanol–water partition coefficient (Wildman–Crippen LogP) is 1.83. The molecule has 0 aromatic heterocycles. The zero-order valence-corrected chi connectivity index (χ0v) is 17.3. The zero-order valence-electron chi connectivity index (χ0n) is 16.5. The van der Waals surface area contributed by atoms with E-state index in [4.69, 9.17) is 13.7 Å². The normalized spacial score (nSPS) is 35.1. The lowest BCUT2D eigenvalue weighted by Gasteiger charge is -2.26. The van der Waals surface area contributed by atoms with Crippen LogP contribution in [0.5, 0.6) is 0 Å². The van der Waals surface area contributed by atoms with Gasteiger partial charge in [0.05, 0.1) is 17.2 Å². The van der Waals surface area contributed by atoms with Crippen molar-refractivity contribution in [3.8, 4) is 0 Å². The van der Waals surface area contributed by atoms with Gasteiger partial charge in [0.25, 0.3) is 10.1 Å². The Bertz CT molecular complexity index is 730. The standard InChI is InChI=1S/C18H29NO7S/c1-6-17(2,3)15(20)24-8-7-19-16(21)25-13-10-9-11-12(18(10,4)5)14(13)26-27(11,22)23/h10-14H,6-9H2,1-5H3,(H,19,21). The number of esters is 1. The SMILES string of the molecule is CCC(C)(C)C(=O)OCCNC(=O)OC1C2OS(=O)(=O)C3CC1C(C)(C)C23. The molecule has 0 aromatic carbocycles. The minimum absolute atomic E-state index is 0.0515. The Morgan fingerprint density at radius 1 is 1.30 bits per heavy atom. The summed E-state index contributed by atoms with van der Waals surface area (Å²) < 4.78 is 40.3. The van der Waals surface area contributed by atoms with Crippen LogP contribution in [0.25, 0.3) is 0 Å². The molecule has 1 amide bonds. The quantitative estimate of drug-likeness (QED) is 0.409. The molecule has 0 spiro atoms. The molecule has 5 unspecified atom stereocenters. The van der Waals surface area contributed by atoms with Crippen molar-refractivity contribution in [2.24, 2.45) is 22.7 Å². The summed E-state index contributed by atoms with van der Waals surface area (Å²) in [6, 6.07) is 0. The fourth-order valence-corrected chi connectivity index (χ4v) is 6.63. The largest absolute Gasteiger partial charge is 0.463 e. The summed E-state index contributed by atoms with van der Waals surface area (Å²) in [4.78, 5) is 24.0. The summed E-state index contributed by atoms with van der Waals surface area (Å²) >= 11 is 0. The lowest BCUT2D eigenvalue weighted by Crippen LogP contribution is -2.40. The smallest absolute Gasteiger partial charge is 0.407 e. The van der Waals surface area contributed by atoms with E-state index in [1.807, 2.05) is 20.8 Å². The maximum Gasteiger partial charge on any atom is 0.407 e. The number of rotatable bonds is 6. The summed E-state index contributed by atoms with van der Waals surface area (Å²) in [6.45, 7) is 9.71. The molecule has 5 atom stereocenters. The van der Waals surface area contributed by atoms with Gasteiger partial charge in [-0.3, -0.25) is 8.98 Å². The Hall–Kier alpha value is -1.35. The molecule has 27 heavy (non-hydrogen) atoms. The van der Waals surface area contributed by atoms with Gasteiger partial charge < -0.3 is 14.8 Å². The van der Waals surface area contributed by atoms with Gasteiger partial charge in [-0.25, -0.2) is 4.79 Å². The first-order valence-electron chi connectivity index (χ1n) is 9.45. The third kappa shape index (κ3) is 3.33. The van der Waals surface area contributed by atoms with Gasteiger partial charge in [0, 0.05) is 11.8 Å². The third-order valence-corrected chi connectivity index (χ3v) is 8.39. The van der Waals surface area contributed by atoms with Gasteiger partial charge in [-0.15, -0.1) is 0 Å². The van der Waals surface area contributed by atoms with E-state index in [9.17, 15) is 18.0 Å². The van der Waals surface area contributed by atoms with Crippen molar-refractivity contribution < 1.29 is 31.7 Å². The lowest BCUT2D eigenvalue weighted by atomic mass is 9.81. The van der Waals surface area contributed by atoms with Crippen LogP contribution in [0.15, 0.2) is 0 Å². The van der Waals surface area contributed by atoms with Crippen molar-refractivity contribution >= 4 is 22.2 Å². The predicted molar refractivity (Wildman–Crippen MR) is 96.3 cm³/mol. The summed E-state index contributed by atoms with van der Waals surface area (Å²) in [6.07, 6.45) is -0.730. The monoisotopic (exact) mass is 403 g/mol. The number of fused-ring (bicyclic) bond motifs is 1. The van der Waals surface area contributed by atoms with Crippen LogP contribution in [0.3, 0.4) is 0 Å². The summed E-state index contributed by atoms with van der Waals surface area (Å²) in [5.74, 6) is -0.517. The average Bonchev–Trinajstić information content (AvgIpc) is 3.04. The van der Waals surface area contributed by atoms with Crippen molar-refractivity contribution in [2.45, 2.75) is 64.9 Å². The van der Waals surface area contributed by atoms with Crippen LogP contribution in [0.4, 0.5) is 4.79 Å². The highest BCUT2D eigenvalue weighted by Gasteiger charge is 2.73. The van der Waals surface area contributed by atoms with Crippen LogP contribution in [-0.4, -0.2) is 51.1 Å². The molecule has 2 bridgehead atoms.